The van der Waals surface area contributed by atoms with Crippen LogP contribution in [0.1, 0.15) is 57.5 Å². The maximum Gasteiger partial charge on any atom is 0.339 e. The molecule has 2 rings (SSSR count). The maximum atomic E-state index is 11.9. The monoisotopic (exact) mass is 333 g/mol. The van der Waals surface area contributed by atoms with Gasteiger partial charge in [-0.1, -0.05) is 20.8 Å². The van der Waals surface area contributed by atoms with E-state index in [1.54, 1.807) is 6.20 Å². The quantitative estimate of drug-likeness (QED) is 0.619. The van der Waals surface area contributed by atoms with Crippen LogP contribution in [0.2, 0.25) is 5.04 Å². The summed E-state index contributed by atoms with van der Waals surface area (Å²) in [6.45, 7) is 13.1. The summed E-state index contributed by atoms with van der Waals surface area (Å²) in [5, 5.41) is 0.257. The summed E-state index contributed by atoms with van der Waals surface area (Å²) in [5.74, 6) is -0.284. The second-order valence-electron chi connectivity index (χ2n) is 7.56. The fourth-order valence-corrected chi connectivity index (χ4v) is 3.25. The van der Waals surface area contributed by atoms with Gasteiger partial charge in [-0.15, -0.1) is 0 Å². The SMILES string of the molecule is CCOC(=O)c1cc2cc(C(C)(C)O[SiH2]C(C)(C)C)ccn2c1. The molecular weight excluding hydrogens is 306 g/mol. The van der Waals surface area contributed by atoms with Gasteiger partial charge in [0.25, 0.3) is 0 Å². The number of aromatic nitrogens is 1. The lowest BCUT2D eigenvalue weighted by Gasteiger charge is -2.30. The molecule has 0 atom stereocenters. The number of fused-ring (bicyclic) bond motifs is 1. The molecule has 0 amide bonds. The molecule has 5 heteroatoms. The normalized spacial score (nSPS) is 13.1. The molecular formula is C18H27NO3Si. The Morgan fingerprint density at radius 1 is 1.22 bits per heavy atom. The van der Waals surface area contributed by atoms with E-state index in [0.717, 1.165) is 11.1 Å². The minimum absolute atomic E-state index is 0.257. The number of carbonyl (C=O) groups excluding carboxylic acids is 1. The van der Waals surface area contributed by atoms with Crippen LogP contribution in [-0.2, 0) is 14.8 Å². The van der Waals surface area contributed by atoms with Crippen LogP contribution in [0.5, 0.6) is 0 Å². The number of esters is 1. The van der Waals surface area contributed by atoms with Crippen LogP contribution in [0, 0.1) is 0 Å². The Labute approximate surface area is 140 Å². The average Bonchev–Trinajstić information content (AvgIpc) is 2.88. The Morgan fingerprint density at radius 3 is 2.52 bits per heavy atom. The molecule has 0 fully saturated rings. The first-order valence-corrected chi connectivity index (χ1v) is 9.34. The van der Waals surface area contributed by atoms with Gasteiger partial charge in [-0.3, -0.25) is 0 Å². The van der Waals surface area contributed by atoms with E-state index in [2.05, 4.69) is 46.8 Å². The zero-order valence-corrected chi connectivity index (χ0v) is 16.4. The van der Waals surface area contributed by atoms with Crippen molar-refractivity contribution in [3.8, 4) is 0 Å². The van der Waals surface area contributed by atoms with Gasteiger partial charge in [0.05, 0.1) is 17.8 Å². The second kappa shape index (κ2) is 6.49. The van der Waals surface area contributed by atoms with Gasteiger partial charge in [0.15, 0.2) is 9.76 Å². The van der Waals surface area contributed by atoms with Gasteiger partial charge in [0.1, 0.15) is 0 Å². The van der Waals surface area contributed by atoms with Gasteiger partial charge in [-0.25, -0.2) is 4.79 Å². The second-order valence-corrected chi connectivity index (χ2v) is 10.3. The molecule has 126 valence electrons. The summed E-state index contributed by atoms with van der Waals surface area (Å²) < 4.78 is 13.3. The predicted octanol–water partition coefficient (Wildman–Crippen LogP) is 3.67. The highest BCUT2D eigenvalue weighted by atomic mass is 28.2. The van der Waals surface area contributed by atoms with Crippen LogP contribution in [0.25, 0.3) is 5.52 Å². The molecule has 2 aromatic rings. The van der Waals surface area contributed by atoms with Crippen molar-refractivity contribution in [1.82, 2.24) is 4.40 Å². The standard InChI is InChI=1S/C18H27NO3Si/c1-7-21-16(20)13-10-15-11-14(8-9-19(15)12-13)18(5,6)22-23-17(2,3)4/h8-12H,7,23H2,1-6H3. The third-order valence-electron chi connectivity index (χ3n) is 3.67. The van der Waals surface area contributed by atoms with Gasteiger partial charge in [0, 0.05) is 17.9 Å². The van der Waals surface area contributed by atoms with Crippen molar-refractivity contribution in [3.05, 3.63) is 41.7 Å². The number of pyridine rings is 1. The number of ether oxygens (including phenoxy) is 1. The van der Waals surface area contributed by atoms with Gasteiger partial charge in [-0.2, -0.15) is 0 Å². The smallest absolute Gasteiger partial charge is 0.339 e. The maximum absolute atomic E-state index is 11.9. The molecule has 0 unspecified atom stereocenters. The molecule has 0 saturated carbocycles. The number of hydrogen-bond acceptors (Lipinski definition) is 3. The molecule has 0 aromatic carbocycles. The molecule has 0 spiro atoms. The van der Waals surface area contributed by atoms with Crippen LogP contribution in [-0.4, -0.2) is 26.7 Å². The Morgan fingerprint density at radius 2 is 1.91 bits per heavy atom. The van der Waals surface area contributed by atoms with E-state index >= 15 is 0 Å². The fraction of sp³-hybridized carbons (Fsp3) is 0.500. The van der Waals surface area contributed by atoms with Crippen LogP contribution in [0.4, 0.5) is 0 Å². The Hall–Kier alpha value is -1.59. The first kappa shape index (κ1) is 17.8. The van der Waals surface area contributed by atoms with Crippen LogP contribution < -0.4 is 0 Å². The van der Waals surface area contributed by atoms with Crippen LogP contribution in [0.15, 0.2) is 30.6 Å². The van der Waals surface area contributed by atoms with Gasteiger partial charge in [-0.05, 0) is 49.6 Å². The summed E-state index contributed by atoms with van der Waals surface area (Å²) in [6, 6.07) is 6.00. The largest absolute Gasteiger partial charge is 0.462 e. The number of hydrogen-bond donors (Lipinski definition) is 0. The lowest BCUT2D eigenvalue weighted by Crippen LogP contribution is -2.27. The van der Waals surface area contributed by atoms with Crippen LogP contribution >= 0.6 is 0 Å². The van der Waals surface area contributed by atoms with Gasteiger partial charge in [0.2, 0.25) is 0 Å². The Balaban J connectivity index is 2.27. The molecule has 4 nitrogen and oxygen atoms in total. The minimum Gasteiger partial charge on any atom is -0.462 e. The summed E-state index contributed by atoms with van der Waals surface area (Å²) in [4.78, 5) is 11.9. The average molecular weight is 334 g/mol. The Kier molecular flexibility index (Phi) is 5.01. The van der Waals surface area contributed by atoms with E-state index in [-0.39, 0.29) is 16.6 Å². The van der Waals surface area contributed by atoms with E-state index in [0.29, 0.717) is 12.2 Å². The van der Waals surface area contributed by atoms with Crippen molar-refractivity contribution < 1.29 is 14.0 Å². The lowest BCUT2D eigenvalue weighted by atomic mass is 9.99. The number of rotatable bonds is 5. The van der Waals surface area contributed by atoms with Crippen LogP contribution in [0.3, 0.4) is 0 Å². The van der Waals surface area contributed by atoms with E-state index < -0.39 is 9.76 Å². The Bertz CT molecular complexity index is 698. The van der Waals surface area contributed by atoms with Gasteiger partial charge < -0.3 is 13.6 Å². The highest BCUT2D eigenvalue weighted by Crippen LogP contribution is 2.30. The molecule has 2 aromatic heterocycles. The summed E-state index contributed by atoms with van der Waals surface area (Å²) in [7, 11) is -0.645. The molecule has 23 heavy (non-hydrogen) atoms. The summed E-state index contributed by atoms with van der Waals surface area (Å²) in [5.41, 5.74) is 2.34. The first-order valence-electron chi connectivity index (χ1n) is 8.06. The lowest BCUT2D eigenvalue weighted by molar-refractivity contribution is 0.0526. The van der Waals surface area contributed by atoms with Crippen molar-refractivity contribution >= 4 is 21.2 Å². The van der Waals surface area contributed by atoms with Gasteiger partial charge >= 0.3 is 5.97 Å². The molecule has 0 bridgehead atoms. The molecule has 0 radical (unpaired) electrons. The van der Waals surface area contributed by atoms with Crippen molar-refractivity contribution in [2.24, 2.45) is 0 Å². The minimum atomic E-state index is -0.645. The van der Waals surface area contributed by atoms with E-state index in [1.165, 1.54) is 0 Å². The molecule has 0 aliphatic heterocycles. The summed E-state index contributed by atoms with van der Waals surface area (Å²) in [6.07, 6.45) is 3.77. The van der Waals surface area contributed by atoms with E-state index in [1.807, 2.05) is 23.6 Å². The highest BCUT2D eigenvalue weighted by molar-refractivity contribution is 6.31. The summed E-state index contributed by atoms with van der Waals surface area (Å²) >= 11 is 0. The number of carbonyl (C=O) groups is 1. The van der Waals surface area contributed by atoms with Crippen molar-refractivity contribution in [2.75, 3.05) is 6.61 Å². The first-order chi connectivity index (χ1) is 10.6. The highest BCUT2D eigenvalue weighted by Gasteiger charge is 2.25. The van der Waals surface area contributed by atoms with E-state index in [4.69, 9.17) is 9.16 Å². The van der Waals surface area contributed by atoms with Crippen molar-refractivity contribution in [2.45, 2.75) is 52.2 Å². The van der Waals surface area contributed by atoms with Crippen molar-refractivity contribution in [3.63, 3.8) is 0 Å². The molecule has 0 saturated heterocycles. The number of nitrogens with zero attached hydrogens (tertiary/aromatic N) is 1. The molecule has 0 aliphatic carbocycles. The van der Waals surface area contributed by atoms with Crippen molar-refractivity contribution in [1.29, 1.82) is 0 Å². The molecule has 0 N–H and O–H groups in total. The third kappa shape index (κ3) is 4.45. The molecule has 0 aliphatic rings. The zero-order valence-electron chi connectivity index (χ0n) is 15.0. The fourth-order valence-electron chi connectivity index (χ4n) is 2.29. The zero-order chi connectivity index (χ0) is 17.3. The van der Waals surface area contributed by atoms with E-state index in [9.17, 15) is 4.79 Å². The predicted molar refractivity (Wildman–Crippen MR) is 95.7 cm³/mol. The third-order valence-corrected chi connectivity index (χ3v) is 5.40. The molecule has 2 heterocycles. The topological polar surface area (TPSA) is 39.9 Å².